The van der Waals surface area contributed by atoms with Crippen LogP contribution in [-0.2, 0) is 0 Å². The van der Waals surface area contributed by atoms with Gasteiger partial charge in [0.2, 0.25) is 0 Å². The summed E-state index contributed by atoms with van der Waals surface area (Å²) >= 11 is 0. The predicted octanol–water partition coefficient (Wildman–Crippen LogP) is 0.814. The second-order valence-electron chi connectivity index (χ2n) is 4.86. The lowest BCUT2D eigenvalue weighted by Crippen LogP contribution is -2.28. The second kappa shape index (κ2) is 4.20. The zero-order valence-electron chi connectivity index (χ0n) is 10.1. The molecule has 2 N–H and O–H groups in total. The molecule has 1 fully saturated rings. The smallest absolute Gasteiger partial charge is 0.164 e. The van der Waals surface area contributed by atoms with Gasteiger partial charge in [-0.05, 0) is 13.1 Å². The minimum absolute atomic E-state index is 0.178. The summed E-state index contributed by atoms with van der Waals surface area (Å²) in [6.45, 7) is 3.19. The maximum atomic E-state index is 6.20. The number of nitrogens with zero attached hydrogens (tertiary/aromatic N) is 1. The Kier molecular flexibility index (Phi) is 2.68. The van der Waals surface area contributed by atoms with Crippen LogP contribution in [0.3, 0.4) is 0 Å². The molecule has 0 aliphatic carbocycles. The van der Waals surface area contributed by atoms with Crippen molar-refractivity contribution in [2.45, 2.75) is 12.0 Å². The maximum absolute atomic E-state index is 6.20. The topological polar surface area (TPSA) is 47.7 Å². The molecule has 17 heavy (non-hydrogen) atoms. The van der Waals surface area contributed by atoms with Crippen molar-refractivity contribution >= 4 is 0 Å². The Morgan fingerprint density at radius 3 is 2.82 bits per heavy atom. The van der Waals surface area contributed by atoms with Gasteiger partial charge in [-0.3, -0.25) is 0 Å². The average Bonchev–Trinajstić information content (AvgIpc) is 2.68. The van der Waals surface area contributed by atoms with Gasteiger partial charge in [-0.1, -0.05) is 12.1 Å². The molecule has 0 spiro atoms. The number of nitrogens with two attached hydrogens (primary N) is 1. The van der Waals surface area contributed by atoms with Crippen LogP contribution < -0.4 is 15.2 Å². The molecule has 2 heterocycles. The molecule has 4 heteroatoms. The highest BCUT2D eigenvalue weighted by Gasteiger charge is 2.32. The lowest BCUT2D eigenvalue weighted by Gasteiger charge is -2.24. The Morgan fingerprint density at radius 1 is 1.24 bits per heavy atom. The molecule has 0 bridgehead atoms. The van der Waals surface area contributed by atoms with Crippen LogP contribution in [0.25, 0.3) is 0 Å². The van der Waals surface area contributed by atoms with Crippen LogP contribution in [0.2, 0.25) is 0 Å². The van der Waals surface area contributed by atoms with E-state index in [2.05, 4.69) is 18.0 Å². The molecule has 2 atom stereocenters. The fourth-order valence-electron chi connectivity index (χ4n) is 2.75. The minimum atomic E-state index is 0.178. The van der Waals surface area contributed by atoms with Crippen LogP contribution in [0, 0.1) is 0 Å². The third kappa shape index (κ3) is 1.87. The van der Waals surface area contributed by atoms with Crippen LogP contribution in [-0.4, -0.2) is 44.3 Å². The second-order valence-corrected chi connectivity index (χ2v) is 4.86. The number of likely N-dealkylation sites (N-methyl/N-ethyl adjacent to an activating group) is 1. The van der Waals surface area contributed by atoms with Crippen molar-refractivity contribution < 1.29 is 9.47 Å². The molecule has 0 amide bonds. The molecule has 0 saturated carbocycles. The van der Waals surface area contributed by atoms with Gasteiger partial charge in [-0.15, -0.1) is 0 Å². The first-order valence-corrected chi connectivity index (χ1v) is 6.08. The van der Waals surface area contributed by atoms with E-state index < -0.39 is 0 Å². The van der Waals surface area contributed by atoms with Gasteiger partial charge in [0.1, 0.15) is 13.2 Å². The van der Waals surface area contributed by atoms with Gasteiger partial charge < -0.3 is 20.1 Å². The lowest BCUT2D eigenvalue weighted by molar-refractivity contribution is 0.169. The normalized spacial score (nSPS) is 28.4. The Bertz CT molecular complexity index is 422. The summed E-state index contributed by atoms with van der Waals surface area (Å²) in [7, 11) is 2.10. The summed E-state index contributed by atoms with van der Waals surface area (Å²) in [5, 5.41) is 0. The Labute approximate surface area is 101 Å². The number of hydrogen-bond acceptors (Lipinski definition) is 4. The van der Waals surface area contributed by atoms with Crippen molar-refractivity contribution in [3.8, 4) is 11.5 Å². The highest BCUT2D eigenvalue weighted by Crippen LogP contribution is 2.40. The van der Waals surface area contributed by atoms with E-state index in [-0.39, 0.29) is 6.04 Å². The molecule has 2 unspecified atom stereocenters. The zero-order valence-corrected chi connectivity index (χ0v) is 10.1. The standard InChI is InChI=1S/C13H18N2O2/c1-15-7-10(11(14)8-15)9-3-2-4-12-13(9)17-6-5-16-12/h2-4,10-11H,5-8,14H2,1H3. The predicted molar refractivity (Wildman–Crippen MR) is 65.6 cm³/mol. The third-order valence-corrected chi connectivity index (χ3v) is 3.54. The fourth-order valence-corrected chi connectivity index (χ4v) is 2.75. The Hall–Kier alpha value is -1.26. The summed E-state index contributed by atoms with van der Waals surface area (Å²) in [6, 6.07) is 6.27. The fraction of sp³-hybridized carbons (Fsp3) is 0.538. The monoisotopic (exact) mass is 234 g/mol. The number of likely N-dealkylation sites (tertiary alicyclic amines) is 1. The van der Waals surface area contributed by atoms with E-state index in [1.807, 2.05) is 12.1 Å². The number of ether oxygens (including phenoxy) is 2. The molecule has 1 saturated heterocycles. The number of benzene rings is 1. The van der Waals surface area contributed by atoms with Crippen LogP contribution in [0.5, 0.6) is 11.5 Å². The molecule has 3 rings (SSSR count). The molecular formula is C13H18N2O2. The molecule has 4 nitrogen and oxygen atoms in total. The number of fused-ring (bicyclic) bond motifs is 1. The SMILES string of the molecule is CN1CC(N)C(c2cccc3c2OCCO3)C1. The first-order chi connectivity index (χ1) is 8.25. The van der Waals surface area contributed by atoms with Gasteiger partial charge in [-0.2, -0.15) is 0 Å². The highest BCUT2D eigenvalue weighted by atomic mass is 16.6. The van der Waals surface area contributed by atoms with Crippen molar-refractivity contribution in [2.24, 2.45) is 5.73 Å². The van der Waals surface area contributed by atoms with Crippen molar-refractivity contribution in [1.29, 1.82) is 0 Å². The van der Waals surface area contributed by atoms with E-state index >= 15 is 0 Å². The Morgan fingerprint density at radius 2 is 2.06 bits per heavy atom. The first-order valence-electron chi connectivity index (χ1n) is 6.08. The summed E-state index contributed by atoms with van der Waals surface area (Å²) < 4.78 is 11.4. The summed E-state index contributed by atoms with van der Waals surface area (Å²) in [6.07, 6.45) is 0. The van der Waals surface area contributed by atoms with Crippen LogP contribution >= 0.6 is 0 Å². The zero-order chi connectivity index (χ0) is 11.8. The Balaban J connectivity index is 1.97. The van der Waals surface area contributed by atoms with Crippen LogP contribution in [0.15, 0.2) is 18.2 Å². The first kappa shape index (κ1) is 10.9. The molecule has 2 aliphatic rings. The summed E-state index contributed by atoms with van der Waals surface area (Å²) in [4.78, 5) is 2.26. The van der Waals surface area contributed by atoms with Crippen molar-refractivity contribution in [2.75, 3.05) is 33.4 Å². The van der Waals surface area contributed by atoms with E-state index in [9.17, 15) is 0 Å². The molecule has 0 aromatic heterocycles. The lowest BCUT2D eigenvalue weighted by atomic mass is 9.93. The molecule has 0 radical (unpaired) electrons. The highest BCUT2D eigenvalue weighted by molar-refractivity contribution is 5.50. The van der Waals surface area contributed by atoms with E-state index in [0.717, 1.165) is 24.6 Å². The number of rotatable bonds is 1. The van der Waals surface area contributed by atoms with Gasteiger partial charge in [0.05, 0.1) is 0 Å². The van der Waals surface area contributed by atoms with Crippen molar-refractivity contribution in [3.63, 3.8) is 0 Å². The van der Waals surface area contributed by atoms with Gasteiger partial charge >= 0.3 is 0 Å². The molecule has 92 valence electrons. The summed E-state index contributed by atoms with van der Waals surface area (Å²) in [5.74, 6) is 2.10. The van der Waals surface area contributed by atoms with E-state index in [1.165, 1.54) is 5.56 Å². The van der Waals surface area contributed by atoms with Crippen molar-refractivity contribution in [3.05, 3.63) is 23.8 Å². The van der Waals surface area contributed by atoms with Gasteiger partial charge in [0, 0.05) is 30.6 Å². The van der Waals surface area contributed by atoms with Gasteiger partial charge in [0.25, 0.3) is 0 Å². The van der Waals surface area contributed by atoms with Gasteiger partial charge in [0.15, 0.2) is 11.5 Å². The van der Waals surface area contributed by atoms with E-state index in [1.54, 1.807) is 0 Å². The molecule has 1 aromatic rings. The quantitative estimate of drug-likeness (QED) is 0.781. The number of para-hydroxylation sites is 1. The summed E-state index contributed by atoms with van der Waals surface area (Å²) in [5.41, 5.74) is 7.39. The largest absolute Gasteiger partial charge is 0.486 e. The van der Waals surface area contributed by atoms with E-state index in [0.29, 0.717) is 19.1 Å². The minimum Gasteiger partial charge on any atom is -0.486 e. The maximum Gasteiger partial charge on any atom is 0.164 e. The van der Waals surface area contributed by atoms with Gasteiger partial charge in [-0.25, -0.2) is 0 Å². The third-order valence-electron chi connectivity index (χ3n) is 3.54. The van der Waals surface area contributed by atoms with Crippen LogP contribution in [0.1, 0.15) is 11.5 Å². The average molecular weight is 234 g/mol. The molecule has 1 aromatic carbocycles. The molecular weight excluding hydrogens is 216 g/mol. The van der Waals surface area contributed by atoms with E-state index in [4.69, 9.17) is 15.2 Å². The number of hydrogen-bond donors (Lipinski definition) is 1. The van der Waals surface area contributed by atoms with Crippen LogP contribution in [0.4, 0.5) is 0 Å². The molecule has 2 aliphatic heterocycles. The van der Waals surface area contributed by atoms with Crippen molar-refractivity contribution in [1.82, 2.24) is 4.90 Å².